The van der Waals surface area contributed by atoms with Gasteiger partial charge in [-0.1, -0.05) is 62.3 Å². The lowest BCUT2D eigenvalue weighted by Crippen LogP contribution is -2.54. The van der Waals surface area contributed by atoms with Crippen LogP contribution >= 0.6 is 0 Å². The first-order valence-electron chi connectivity index (χ1n) is 15.2. The van der Waals surface area contributed by atoms with Crippen LogP contribution in [-0.4, -0.2) is 26.1 Å². The van der Waals surface area contributed by atoms with Crippen LogP contribution in [0.25, 0.3) is 0 Å². The lowest BCUT2D eigenvalue weighted by molar-refractivity contribution is -0.129. The Morgan fingerprint density at radius 1 is 0.765 bits per heavy atom. The van der Waals surface area contributed by atoms with Gasteiger partial charge >= 0.3 is 0 Å². The van der Waals surface area contributed by atoms with Crippen molar-refractivity contribution < 1.29 is 9.53 Å². The molecule has 0 spiro atoms. The molecule has 0 radical (unpaired) electrons. The fraction of sp³-hybridized carbons (Fsp3) is 1.00. The highest BCUT2D eigenvalue weighted by atomic mass is 28.4. The molecular formula is C31H58O2Si. The minimum atomic E-state index is -1.79. The van der Waals surface area contributed by atoms with Crippen molar-refractivity contribution in [1.82, 2.24) is 0 Å². The Balaban J connectivity index is 1.47. The molecule has 0 aromatic heterocycles. The third-order valence-electron chi connectivity index (χ3n) is 12.7. The molecule has 9 atom stereocenters. The average molecular weight is 491 g/mol. The van der Waals surface area contributed by atoms with Gasteiger partial charge in [0.05, 0.1) is 6.10 Å². The molecule has 3 heteroatoms. The van der Waals surface area contributed by atoms with Gasteiger partial charge in [-0.15, -0.1) is 0 Å². The number of hydrogen-bond donors (Lipinski definition) is 1. The van der Waals surface area contributed by atoms with Gasteiger partial charge in [0.15, 0.2) is 8.32 Å². The highest BCUT2D eigenvalue weighted by Gasteiger charge is 2.60. The molecular weight excluding hydrogens is 432 g/mol. The van der Waals surface area contributed by atoms with E-state index in [0.717, 1.165) is 49.0 Å². The van der Waals surface area contributed by atoms with Crippen LogP contribution in [0.3, 0.4) is 0 Å². The first-order chi connectivity index (χ1) is 15.9. The van der Waals surface area contributed by atoms with E-state index in [9.17, 15) is 5.11 Å². The fourth-order valence-corrected chi connectivity index (χ4v) is 16.7. The molecule has 198 valence electrons. The van der Waals surface area contributed by atoms with Crippen LogP contribution in [0, 0.1) is 46.3 Å². The van der Waals surface area contributed by atoms with Crippen LogP contribution in [0.4, 0.5) is 0 Å². The summed E-state index contributed by atoms with van der Waals surface area (Å²) in [6, 6.07) is 0. The molecule has 4 fully saturated rings. The van der Waals surface area contributed by atoms with Gasteiger partial charge in [0.1, 0.15) is 0 Å². The van der Waals surface area contributed by atoms with E-state index in [1.807, 2.05) is 0 Å². The van der Waals surface area contributed by atoms with E-state index in [0.29, 0.717) is 33.4 Å². The number of hydrogen-bond acceptors (Lipinski definition) is 2. The van der Waals surface area contributed by atoms with Crippen molar-refractivity contribution in [2.75, 3.05) is 6.61 Å². The van der Waals surface area contributed by atoms with Crippen LogP contribution in [0.15, 0.2) is 0 Å². The molecule has 0 bridgehead atoms. The topological polar surface area (TPSA) is 29.5 Å². The molecule has 0 aromatic carbocycles. The van der Waals surface area contributed by atoms with Crippen molar-refractivity contribution in [1.29, 1.82) is 0 Å². The Morgan fingerprint density at radius 2 is 1.35 bits per heavy atom. The van der Waals surface area contributed by atoms with Gasteiger partial charge in [-0.2, -0.15) is 0 Å². The van der Waals surface area contributed by atoms with Crippen molar-refractivity contribution in [2.24, 2.45) is 46.3 Å². The quantitative estimate of drug-likeness (QED) is 0.361. The van der Waals surface area contributed by atoms with Gasteiger partial charge in [-0.05, 0) is 121 Å². The zero-order chi connectivity index (χ0) is 25.1. The van der Waals surface area contributed by atoms with Crippen molar-refractivity contribution >= 4 is 8.32 Å². The first-order valence-corrected chi connectivity index (χ1v) is 17.3. The Morgan fingerprint density at radius 3 is 1.97 bits per heavy atom. The van der Waals surface area contributed by atoms with E-state index in [4.69, 9.17) is 4.43 Å². The molecule has 0 aliphatic heterocycles. The summed E-state index contributed by atoms with van der Waals surface area (Å²) in [5.74, 6) is 5.04. The Labute approximate surface area is 213 Å². The second-order valence-electron chi connectivity index (χ2n) is 14.9. The van der Waals surface area contributed by atoms with Gasteiger partial charge in [-0.3, -0.25) is 0 Å². The van der Waals surface area contributed by atoms with E-state index in [-0.39, 0.29) is 6.10 Å². The zero-order valence-electron chi connectivity index (χ0n) is 24.2. The maximum absolute atomic E-state index is 10.3. The summed E-state index contributed by atoms with van der Waals surface area (Å²) in [4.78, 5) is 0. The monoisotopic (exact) mass is 490 g/mol. The van der Waals surface area contributed by atoms with Crippen LogP contribution in [-0.2, 0) is 4.43 Å². The Kier molecular flexibility index (Phi) is 7.82. The largest absolute Gasteiger partial charge is 0.416 e. The maximum Gasteiger partial charge on any atom is 0.200 e. The summed E-state index contributed by atoms with van der Waals surface area (Å²) in [5, 5.41) is 10.3. The summed E-state index contributed by atoms with van der Waals surface area (Å²) in [6.45, 7) is 23.4. The van der Waals surface area contributed by atoms with E-state index in [2.05, 4.69) is 62.3 Å². The number of aliphatic hydroxyl groups is 1. The lowest BCUT2D eigenvalue weighted by Gasteiger charge is -2.61. The highest BCUT2D eigenvalue weighted by molar-refractivity contribution is 6.77. The van der Waals surface area contributed by atoms with Crippen LogP contribution in [0.2, 0.25) is 16.6 Å². The average Bonchev–Trinajstić information content (AvgIpc) is 3.11. The second kappa shape index (κ2) is 9.79. The maximum atomic E-state index is 10.3. The molecule has 4 rings (SSSR count). The number of fused-ring (bicyclic) bond motifs is 5. The van der Waals surface area contributed by atoms with Gasteiger partial charge in [0, 0.05) is 6.61 Å². The summed E-state index contributed by atoms with van der Waals surface area (Å²) in [6.07, 6.45) is 11.9. The molecule has 0 saturated heterocycles. The van der Waals surface area contributed by atoms with Gasteiger partial charge in [0.2, 0.25) is 0 Å². The molecule has 0 heterocycles. The number of rotatable bonds is 7. The minimum Gasteiger partial charge on any atom is -0.416 e. The Bertz CT molecular complexity index is 682. The van der Waals surface area contributed by atoms with Crippen molar-refractivity contribution in [3.63, 3.8) is 0 Å². The lowest BCUT2D eigenvalue weighted by atomic mass is 9.44. The van der Waals surface area contributed by atoms with Crippen LogP contribution in [0.1, 0.15) is 120 Å². The summed E-state index contributed by atoms with van der Waals surface area (Å²) < 4.78 is 7.13. The summed E-state index contributed by atoms with van der Waals surface area (Å²) >= 11 is 0. The molecule has 0 unspecified atom stereocenters. The molecule has 4 aliphatic carbocycles. The summed E-state index contributed by atoms with van der Waals surface area (Å²) in [7, 11) is -1.79. The van der Waals surface area contributed by atoms with Crippen molar-refractivity contribution in [2.45, 2.75) is 143 Å². The van der Waals surface area contributed by atoms with Gasteiger partial charge in [0.25, 0.3) is 0 Å². The zero-order valence-corrected chi connectivity index (χ0v) is 25.2. The second-order valence-corrected chi connectivity index (χ2v) is 20.4. The minimum absolute atomic E-state index is 0.0293. The normalized spacial score (nSPS) is 43.7. The molecule has 0 amide bonds. The van der Waals surface area contributed by atoms with Crippen molar-refractivity contribution in [3.8, 4) is 0 Å². The van der Waals surface area contributed by atoms with Gasteiger partial charge < -0.3 is 9.53 Å². The van der Waals surface area contributed by atoms with E-state index >= 15 is 0 Å². The highest BCUT2D eigenvalue weighted by Crippen LogP contribution is 2.68. The van der Waals surface area contributed by atoms with Crippen LogP contribution in [0.5, 0.6) is 0 Å². The smallest absolute Gasteiger partial charge is 0.200 e. The molecule has 2 nitrogen and oxygen atoms in total. The van der Waals surface area contributed by atoms with E-state index in [1.54, 1.807) is 0 Å². The molecule has 4 aliphatic rings. The molecule has 0 aromatic rings. The first kappa shape index (κ1) is 27.2. The van der Waals surface area contributed by atoms with E-state index in [1.165, 1.54) is 44.9 Å². The molecule has 4 saturated carbocycles. The summed E-state index contributed by atoms with van der Waals surface area (Å²) in [5.41, 5.74) is 3.03. The van der Waals surface area contributed by atoms with Crippen molar-refractivity contribution in [3.05, 3.63) is 0 Å². The fourth-order valence-electron chi connectivity index (χ4n) is 11.1. The van der Waals surface area contributed by atoms with Crippen LogP contribution < -0.4 is 0 Å². The third-order valence-corrected chi connectivity index (χ3v) is 18.8. The predicted molar refractivity (Wildman–Crippen MR) is 147 cm³/mol. The molecule has 34 heavy (non-hydrogen) atoms. The van der Waals surface area contributed by atoms with E-state index < -0.39 is 8.32 Å². The Hall–Kier alpha value is 0.137. The number of aliphatic hydroxyl groups excluding tert-OH is 1. The predicted octanol–water partition coefficient (Wildman–Crippen LogP) is 8.83. The standard InChI is InChI=1S/C31H58O2Si/c1-20(2)34(21(3)4,22(5)6)33-19-23(7)27-12-13-28-26-11-10-24-18-25(32)14-16-30(24,8)29(26)15-17-31(27,28)9/h20-29,32H,10-19H2,1-9H3/t23-,24+,25+,26+,27-,28+,29+,30+,31-/m1/s1. The SMILES string of the molecule is CC(C)[Si](OC[C@@H](C)[C@H]1CC[C@H]2[C@@H]3CC[C@H]4C[C@@H](O)CC[C@]4(C)[C@H]3CC[C@]12C)(C(C)C)C(C)C. The van der Waals surface area contributed by atoms with Gasteiger partial charge in [-0.25, -0.2) is 0 Å². The third kappa shape index (κ3) is 4.20. The molecule has 1 N–H and O–H groups in total.